The van der Waals surface area contributed by atoms with E-state index in [1.807, 2.05) is 6.92 Å². The van der Waals surface area contributed by atoms with Gasteiger partial charge < -0.3 is 14.4 Å². The number of nitrogens with zero attached hydrogens (tertiary/aromatic N) is 1. The fourth-order valence-electron chi connectivity index (χ4n) is 1.72. The molecule has 5 heteroatoms. The van der Waals surface area contributed by atoms with Crippen molar-refractivity contribution in [3.8, 4) is 17.0 Å². The second-order valence-electron chi connectivity index (χ2n) is 3.73. The topological polar surface area (TPSA) is 72.6 Å². The van der Waals surface area contributed by atoms with Crippen LogP contribution in [0.25, 0.3) is 11.3 Å². The molecule has 0 saturated heterocycles. The van der Waals surface area contributed by atoms with Crippen LogP contribution in [0.4, 0.5) is 0 Å². The Hall–Kier alpha value is -2.30. The summed E-state index contributed by atoms with van der Waals surface area (Å²) in [6.07, 6.45) is 0. The Labute approximate surface area is 104 Å². The zero-order chi connectivity index (χ0) is 13.1. The number of hydrogen-bond donors (Lipinski definition) is 1. The molecule has 0 aliphatic carbocycles. The molecule has 1 aromatic carbocycles. The van der Waals surface area contributed by atoms with E-state index < -0.39 is 5.97 Å². The number of ether oxygens (including phenoxy) is 1. The minimum absolute atomic E-state index is 0.0867. The van der Waals surface area contributed by atoms with Crippen LogP contribution in [0, 0.1) is 6.92 Å². The quantitative estimate of drug-likeness (QED) is 0.899. The van der Waals surface area contributed by atoms with E-state index in [2.05, 4.69) is 5.16 Å². The van der Waals surface area contributed by atoms with Crippen LogP contribution >= 0.6 is 0 Å². The van der Waals surface area contributed by atoms with Crippen molar-refractivity contribution in [2.45, 2.75) is 13.8 Å². The van der Waals surface area contributed by atoms with Gasteiger partial charge in [0.1, 0.15) is 22.8 Å². The first-order chi connectivity index (χ1) is 8.63. The summed E-state index contributed by atoms with van der Waals surface area (Å²) < 4.78 is 10.3. The predicted molar refractivity (Wildman–Crippen MR) is 64.8 cm³/mol. The van der Waals surface area contributed by atoms with Crippen molar-refractivity contribution < 1.29 is 19.2 Å². The van der Waals surface area contributed by atoms with Gasteiger partial charge >= 0.3 is 5.97 Å². The maximum Gasteiger partial charge on any atom is 0.341 e. The fourth-order valence-corrected chi connectivity index (χ4v) is 1.72. The summed E-state index contributed by atoms with van der Waals surface area (Å²) in [7, 11) is 0. The molecule has 18 heavy (non-hydrogen) atoms. The van der Waals surface area contributed by atoms with Crippen molar-refractivity contribution in [3.05, 3.63) is 35.6 Å². The predicted octanol–water partition coefficient (Wildman–Crippen LogP) is 2.75. The largest absolute Gasteiger partial charge is 0.494 e. The molecule has 0 aliphatic heterocycles. The molecule has 2 rings (SSSR count). The molecule has 1 aromatic heterocycles. The van der Waals surface area contributed by atoms with E-state index in [9.17, 15) is 4.79 Å². The summed E-state index contributed by atoms with van der Waals surface area (Å²) in [4.78, 5) is 11.2. The summed E-state index contributed by atoms with van der Waals surface area (Å²) in [6, 6.07) is 7.11. The van der Waals surface area contributed by atoms with Crippen molar-refractivity contribution in [3.63, 3.8) is 0 Å². The molecule has 5 nitrogen and oxygen atoms in total. The third-order valence-electron chi connectivity index (χ3n) is 2.50. The summed E-state index contributed by atoms with van der Waals surface area (Å²) in [5, 5.41) is 12.9. The van der Waals surface area contributed by atoms with Gasteiger partial charge in [0, 0.05) is 5.56 Å². The molecule has 0 saturated carbocycles. The van der Waals surface area contributed by atoms with Crippen LogP contribution in [-0.2, 0) is 0 Å². The van der Waals surface area contributed by atoms with Crippen LogP contribution in [0.3, 0.4) is 0 Å². The average Bonchev–Trinajstić information content (AvgIpc) is 2.72. The van der Waals surface area contributed by atoms with Gasteiger partial charge in [-0.1, -0.05) is 17.3 Å². The number of carbonyl (C=O) groups is 1. The maximum absolute atomic E-state index is 11.2. The molecule has 94 valence electrons. The van der Waals surface area contributed by atoms with Crippen molar-refractivity contribution in [1.82, 2.24) is 5.16 Å². The molecule has 0 spiro atoms. The van der Waals surface area contributed by atoms with Crippen molar-refractivity contribution in [2.75, 3.05) is 6.61 Å². The van der Waals surface area contributed by atoms with Gasteiger partial charge in [-0.3, -0.25) is 0 Å². The Morgan fingerprint density at radius 3 is 2.94 bits per heavy atom. The van der Waals surface area contributed by atoms with Crippen molar-refractivity contribution in [1.29, 1.82) is 0 Å². The van der Waals surface area contributed by atoms with Gasteiger partial charge in [0.15, 0.2) is 0 Å². The number of aromatic nitrogens is 1. The van der Waals surface area contributed by atoms with Gasteiger partial charge in [0.2, 0.25) is 0 Å². The highest BCUT2D eigenvalue weighted by atomic mass is 16.5. The van der Waals surface area contributed by atoms with Gasteiger partial charge in [-0.05, 0) is 26.0 Å². The number of carboxylic acids is 1. The van der Waals surface area contributed by atoms with Crippen molar-refractivity contribution in [2.24, 2.45) is 0 Å². The van der Waals surface area contributed by atoms with E-state index in [0.29, 0.717) is 29.4 Å². The lowest BCUT2D eigenvalue weighted by molar-refractivity contribution is 0.0695. The van der Waals surface area contributed by atoms with Crippen LogP contribution in [0.1, 0.15) is 23.0 Å². The Bertz CT molecular complexity index is 574. The zero-order valence-electron chi connectivity index (χ0n) is 10.1. The fraction of sp³-hybridized carbons (Fsp3) is 0.231. The Kier molecular flexibility index (Phi) is 3.32. The highest BCUT2D eigenvalue weighted by Crippen LogP contribution is 2.27. The van der Waals surface area contributed by atoms with Crippen LogP contribution < -0.4 is 4.74 Å². The minimum atomic E-state index is -1.05. The van der Waals surface area contributed by atoms with Crippen molar-refractivity contribution >= 4 is 5.97 Å². The molecule has 0 bridgehead atoms. The third kappa shape index (κ3) is 2.20. The molecular formula is C13H13NO4. The number of hydrogen-bond acceptors (Lipinski definition) is 4. The van der Waals surface area contributed by atoms with Crippen LogP contribution in [-0.4, -0.2) is 22.8 Å². The maximum atomic E-state index is 11.2. The summed E-state index contributed by atoms with van der Waals surface area (Å²) in [6.45, 7) is 4.01. The van der Waals surface area contributed by atoms with Crippen LogP contribution in [0.15, 0.2) is 28.8 Å². The Morgan fingerprint density at radius 1 is 1.50 bits per heavy atom. The summed E-state index contributed by atoms with van der Waals surface area (Å²) in [5.74, 6) is -0.0862. The van der Waals surface area contributed by atoms with E-state index >= 15 is 0 Å². The molecule has 1 heterocycles. The lowest BCUT2D eigenvalue weighted by Crippen LogP contribution is -1.99. The highest BCUT2D eigenvalue weighted by molar-refractivity contribution is 5.95. The molecule has 2 aromatic rings. The van der Waals surface area contributed by atoms with Gasteiger partial charge in [-0.25, -0.2) is 4.79 Å². The molecule has 0 radical (unpaired) electrons. The molecule has 0 aliphatic rings. The van der Waals surface area contributed by atoms with Crippen LogP contribution in [0.2, 0.25) is 0 Å². The molecule has 0 atom stereocenters. The average molecular weight is 247 g/mol. The van der Waals surface area contributed by atoms with Gasteiger partial charge in [-0.2, -0.15) is 0 Å². The van der Waals surface area contributed by atoms with E-state index in [1.54, 1.807) is 31.2 Å². The van der Waals surface area contributed by atoms with Gasteiger partial charge in [-0.15, -0.1) is 0 Å². The lowest BCUT2D eigenvalue weighted by Gasteiger charge is -2.04. The summed E-state index contributed by atoms with van der Waals surface area (Å²) in [5.41, 5.74) is 1.07. The summed E-state index contributed by atoms with van der Waals surface area (Å²) >= 11 is 0. The highest BCUT2D eigenvalue weighted by Gasteiger charge is 2.20. The van der Waals surface area contributed by atoms with Gasteiger partial charge in [0.25, 0.3) is 0 Å². The first kappa shape index (κ1) is 12.2. The van der Waals surface area contributed by atoms with E-state index in [4.69, 9.17) is 14.4 Å². The number of rotatable bonds is 4. The second kappa shape index (κ2) is 4.91. The van der Waals surface area contributed by atoms with Gasteiger partial charge in [0.05, 0.1) is 6.61 Å². The number of aryl methyl sites for hydroxylation is 1. The smallest absolute Gasteiger partial charge is 0.341 e. The molecule has 1 N–H and O–H groups in total. The lowest BCUT2D eigenvalue weighted by atomic mass is 10.1. The number of aromatic carboxylic acids is 1. The SMILES string of the molecule is CCOc1cccc(-c2noc(C)c2C(=O)O)c1. The van der Waals surface area contributed by atoms with Crippen LogP contribution in [0.5, 0.6) is 5.75 Å². The standard InChI is InChI=1S/C13H13NO4/c1-3-17-10-6-4-5-9(7-10)12-11(13(15)16)8(2)18-14-12/h4-7H,3H2,1-2H3,(H,15,16). The third-order valence-corrected chi connectivity index (χ3v) is 2.50. The van der Waals surface area contributed by atoms with E-state index in [-0.39, 0.29) is 5.56 Å². The Balaban J connectivity index is 2.48. The molecule has 0 unspecified atom stereocenters. The first-order valence-electron chi connectivity index (χ1n) is 5.56. The number of carboxylic acid groups (broad SMARTS) is 1. The monoisotopic (exact) mass is 247 g/mol. The van der Waals surface area contributed by atoms with E-state index in [1.165, 1.54) is 0 Å². The number of benzene rings is 1. The molecule has 0 amide bonds. The molecular weight excluding hydrogens is 234 g/mol. The second-order valence-corrected chi connectivity index (χ2v) is 3.73. The molecule has 0 fully saturated rings. The minimum Gasteiger partial charge on any atom is -0.494 e. The Morgan fingerprint density at radius 2 is 2.28 bits per heavy atom. The van der Waals surface area contributed by atoms with E-state index in [0.717, 1.165) is 0 Å². The normalized spacial score (nSPS) is 10.3. The first-order valence-corrected chi connectivity index (χ1v) is 5.56. The zero-order valence-corrected chi connectivity index (χ0v) is 10.1.